The first kappa shape index (κ1) is 17.1. The molecule has 0 aromatic heterocycles. The fraction of sp³-hybridized carbons (Fsp3) is 0.350. The molecule has 23 heavy (non-hydrogen) atoms. The zero-order valence-corrected chi connectivity index (χ0v) is 14.1. The van der Waals surface area contributed by atoms with E-state index in [1.165, 1.54) is 0 Å². The van der Waals surface area contributed by atoms with Crippen LogP contribution in [0.5, 0.6) is 5.75 Å². The van der Waals surface area contributed by atoms with Crippen LogP contribution in [0.2, 0.25) is 0 Å². The van der Waals surface area contributed by atoms with Crippen LogP contribution < -0.4 is 10.1 Å². The summed E-state index contributed by atoms with van der Waals surface area (Å²) in [7, 11) is 1.63. The van der Waals surface area contributed by atoms with E-state index in [0.717, 1.165) is 23.3 Å². The minimum atomic E-state index is 0.0350. The Labute approximate surface area is 138 Å². The van der Waals surface area contributed by atoms with Crippen molar-refractivity contribution in [1.82, 2.24) is 5.32 Å². The highest BCUT2D eigenvalue weighted by Gasteiger charge is 2.16. The molecule has 0 aliphatic rings. The monoisotopic (exact) mass is 311 g/mol. The van der Waals surface area contributed by atoms with Crippen molar-refractivity contribution in [2.45, 2.75) is 32.7 Å². The van der Waals surface area contributed by atoms with Gasteiger partial charge in [-0.2, -0.15) is 0 Å². The van der Waals surface area contributed by atoms with Crippen LogP contribution in [0.15, 0.2) is 54.6 Å². The van der Waals surface area contributed by atoms with Crippen molar-refractivity contribution >= 4 is 5.91 Å². The van der Waals surface area contributed by atoms with Crippen LogP contribution >= 0.6 is 0 Å². The Morgan fingerprint density at radius 1 is 1.09 bits per heavy atom. The maximum absolute atomic E-state index is 12.4. The number of benzene rings is 2. The van der Waals surface area contributed by atoms with Crippen molar-refractivity contribution in [2.24, 2.45) is 5.92 Å². The van der Waals surface area contributed by atoms with Crippen LogP contribution in [0.25, 0.3) is 0 Å². The number of amides is 1. The Balaban J connectivity index is 2.05. The average Bonchev–Trinajstić information content (AvgIpc) is 2.54. The number of methoxy groups -OCH3 is 1. The van der Waals surface area contributed by atoms with Gasteiger partial charge in [0.1, 0.15) is 5.75 Å². The van der Waals surface area contributed by atoms with Gasteiger partial charge < -0.3 is 10.1 Å². The van der Waals surface area contributed by atoms with Crippen molar-refractivity contribution in [3.8, 4) is 5.75 Å². The summed E-state index contributed by atoms with van der Waals surface area (Å²) < 4.78 is 5.21. The van der Waals surface area contributed by atoms with Gasteiger partial charge in [0.25, 0.3) is 0 Å². The molecular formula is C20H25NO2. The standard InChI is InChI=1S/C20H25NO2/c1-15(2)12-19(17-9-5-4-6-10-17)21-20(22)14-16-8-7-11-18(13-16)23-3/h4-11,13,15,19H,12,14H2,1-3H3,(H,21,22). The van der Waals surface area contributed by atoms with Gasteiger partial charge in [0.15, 0.2) is 0 Å². The molecule has 1 unspecified atom stereocenters. The Kier molecular flexibility index (Phi) is 6.21. The molecule has 0 aliphatic heterocycles. The number of ether oxygens (including phenoxy) is 1. The molecule has 2 rings (SSSR count). The molecule has 1 N–H and O–H groups in total. The van der Waals surface area contributed by atoms with E-state index in [4.69, 9.17) is 4.74 Å². The summed E-state index contributed by atoms with van der Waals surface area (Å²) >= 11 is 0. The van der Waals surface area contributed by atoms with E-state index in [1.807, 2.05) is 42.5 Å². The highest BCUT2D eigenvalue weighted by Crippen LogP contribution is 2.21. The predicted molar refractivity (Wildman–Crippen MR) is 93.5 cm³/mol. The Hall–Kier alpha value is -2.29. The van der Waals surface area contributed by atoms with Gasteiger partial charge in [-0.15, -0.1) is 0 Å². The van der Waals surface area contributed by atoms with Gasteiger partial charge in [-0.05, 0) is 35.6 Å². The molecule has 0 radical (unpaired) electrons. The van der Waals surface area contributed by atoms with Crippen molar-refractivity contribution in [3.63, 3.8) is 0 Å². The molecule has 122 valence electrons. The van der Waals surface area contributed by atoms with Crippen molar-refractivity contribution in [3.05, 3.63) is 65.7 Å². The molecule has 2 aromatic carbocycles. The molecule has 0 fully saturated rings. The quantitative estimate of drug-likeness (QED) is 0.834. The molecule has 0 saturated carbocycles. The summed E-state index contributed by atoms with van der Waals surface area (Å²) in [6.07, 6.45) is 1.28. The summed E-state index contributed by atoms with van der Waals surface area (Å²) in [5.74, 6) is 1.32. The van der Waals surface area contributed by atoms with Crippen LogP contribution in [-0.4, -0.2) is 13.0 Å². The van der Waals surface area contributed by atoms with Crippen LogP contribution in [0, 0.1) is 5.92 Å². The van der Waals surface area contributed by atoms with Crippen molar-refractivity contribution in [2.75, 3.05) is 7.11 Å². The SMILES string of the molecule is COc1cccc(CC(=O)NC(CC(C)C)c2ccccc2)c1. The minimum Gasteiger partial charge on any atom is -0.497 e. The zero-order valence-electron chi connectivity index (χ0n) is 14.1. The lowest BCUT2D eigenvalue weighted by molar-refractivity contribution is -0.121. The van der Waals surface area contributed by atoms with Crippen molar-refractivity contribution < 1.29 is 9.53 Å². The van der Waals surface area contributed by atoms with Gasteiger partial charge in [0.2, 0.25) is 5.91 Å². The van der Waals surface area contributed by atoms with Crippen LogP contribution in [0.1, 0.15) is 37.4 Å². The van der Waals surface area contributed by atoms with E-state index in [1.54, 1.807) is 7.11 Å². The predicted octanol–water partition coefficient (Wildman–Crippen LogP) is 4.14. The molecule has 0 heterocycles. The summed E-state index contributed by atoms with van der Waals surface area (Å²) in [6.45, 7) is 4.34. The largest absolute Gasteiger partial charge is 0.497 e. The third-order valence-corrected chi connectivity index (χ3v) is 3.74. The Morgan fingerprint density at radius 2 is 1.83 bits per heavy atom. The first-order valence-electron chi connectivity index (χ1n) is 8.05. The van der Waals surface area contributed by atoms with Gasteiger partial charge in [0, 0.05) is 0 Å². The van der Waals surface area contributed by atoms with E-state index in [2.05, 4.69) is 31.3 Å². The molecule has 3 heteroatoms. The van der Waals surface area contributed by atoms with Gasteiger partial charge in [-0.25, -0.2) is 0 Å². The molecule has 0 bridgehead atoms. The Bertz CT molecular complexity index is 623. The Morgan fingerprint density at radius 3 is 2.48 bits per heavy atom. The summed E-state index contributed by atoms with van der Waals surface area (Å²) in [4.78, 5) is 12.4. The third-order valence-electron chi connectivity index (χ3n) is 3.74. The maximum Gasteiger partial charge on any atom is 0.224 e. The van der Waals surface area contributed by atoms with E-state index in [0.29, 0.717) is 12.3 Å². The molecule has 1 amide bonds. The highest BCUT2D eigenvalue weighted by atomic mass is 16.5. The van der Waals surface area contributed by atoms with Crippen LogP contribution in [0.3, 0.4) is 0 Å². The second kappa shape index (κ2) is 8.37. The lowest BCUT2D eigenvalue weighted by atomic mass is 9.96. The maximum atomic E-state index is 12.4. The summed E-state index contributed by atoms with van der Waals surface area (Å²) in [5.41, 5.74) is 2.11. The van der Waals surface area contributed by atoms with Crippen molar-refractivity contribution in [1.29, 1.82) is 0 Å². The number of carbonyl (C=O) groups excluding carboxylic acids is 1. The van der Waals surface area contributed by atoms with Gasteiger partial charge in [-0.1, -0.05) is 56.3 Å². The number of nitrogens with one attached hydrogen (secondary N) is 1. The summed E-state index contributed by atoms with van der Waals surface area (Å²) in [6, 6.07) is 17.8. The van der Waals surface area contributed by atoms with E-state index in [-0.39, 0.29) is 11.9 Å². The second-order valence-electron chi connectivity index (χ2n) is 6.19. The lowest BCUT2D eigenvalue weighted by Crippen LogP contribution is -2.30. The highest BCUT2D eigenvalue weighted by molar-refractivity contribution is 5.79. The zero-order chi connectivity index (χ0) is 16.7. The summed E-state index contributed by atoms with van der Waals surface area (Å²) in [5, 5.41) is 3.17. The van der Waals surface area contributed by atoms with Gasteiger partial charge >= 0.3 is 0 Å². The van der Waals surface area contributed by atoms with E-state index in [9.17, 15) is 4.79 Å². The number of hydrogen-bond acceptors (Lipinski definition) is 2. The van der Waals surface area contributed by atoms with E-state index < -0.39 is 0 Å². The fourth-order valence-corrected chi connectivity index (χ4v) is 2.65. The lowest BCUT2D eigenvalue weighted by Gasteiger charge is -2.21. The molecular weight excluding hydrogens is 286 g/mol. The minimum absolute atomic E-state index is 0.0350. The molecule has 1 atom stereocenters. The average molecular weight is 311 g/mol. The second-order valence-corrected chi connectivity index (χ2v) is 6.19. The molecule has 0 aliphatic carbocycles. The first-order valence-corrected chi connectivity index (χ1v) is 8.05. The number of carbonyl (C=O) groups is 1. The smallest absolute Gasteiger partial charge is 0.224 e. The van der Waals surface area contributed by atoms with Crippen LogP contribution in [0.4, 0.5) is 0 Å². The molecule has 3 nitrogen and oxygen atoms in total. The number of rotatable bonds is 7. The fourth-order valence-electron chi connectivity index (χ4n) is 2.65. The topological polar surface area (TPSA) is 38.3 Å². The normalized spacial score (nSPS) is 12.0. The molecule has 0 spiro atoms. The first-order chi connectivity index (χ1) is 11.1. The van der Waals surface area contributed by atoms with E-state index >= 15 is 0 Å². The molecule has 0 saturated heterocycles. The van der Waals surface area contributed by atoms with Gasteiger partial charge in [-0.3, -0.25) is 4.79 Å². The third kappa shape index (κ3) is 5.44. The van der Waals surface area contributed by atoms with Gasteiger partial charge in [0.05, 0.1) is 19.6 Å². The number of hydrogen-bond donors (Lipinski definition) is 1. The molecule has 2 aromatic rings. The van der Waals surface area contributed by atoms with Crippen LogP contribution in [-0.2, 0) is 11.2 Å².